The highest BCUT2D eigenvalue weighted by molar-refractivity contribution is 5.97. The predicted molar refractivity (Wildman–Crippen MR) is 132 cm³/mol. The number of carbonyl (C=O) groups excluding carboxylic acids is 2. The molecular formula is C28H43F2NO3. The van der Waals surface area contributed by atoms with Crippen molar-refractivity contribution in [2.75, 3.05) is 13.2 Å². The predicted octanol–water partition coefficient (Wildman–Crippen LogP) is 7.59. The molecule has 1 heterocycles. The van der Waals surface area contributed by atoms with E-state index in [0.717, 1.165) is 31.4 Å². The van der Waals surface area contributed by atoms with Gasteiger partial charge in [0.05, 0.1) is 6.61 Å². The lowest BCUT2D eigenvalue weighted by atomic mass is 10.0. The summed E-state index contributed by atoms with van der Waals surface area (Å²) in [6, 6.07) is 2.41. The molecule has 1 amide bonds. The van der Waals surface area contributed by atoms with Gasteiger partial charge in [-0.3, -0.25) is 4.79 Å². The van der Waals surface area contributed by atoms with Gasteiger partial charge in [0.2, 0.25) is 0 Å². The van der Waals surface area contributed by atoms with Crippen LogP contribution < -0.4 is 0 Å². The number of likely N-dealkylation sites (tertiary alicyclic amines) is 1. The molecule has 192 valence electrons. The summed E-state index contributed by atoms with van der Waals surface area (Å²) in [6.45, 7) is 3.03. The van der Waals surface area contributed by atoms with Gasteiger partial charge in [-0.15, -0.1) is 0 Å². The second-order valence-corrected chi connectivity index (χ2v) is 9.55. The van der Waals surface area contributed by atoms with Crippen LogP contribution in [0.25, 0.3) is 0 Å². The molecule has 0 aromatic heterocycles. The third kappa shape index (κ3) is 10.1. The maximum atomic E-state index is 13.5. The van der Waals surface area contributed by atoms with Crippen molar-refractivity contribution in [3.8, 4) is 0 Å². The molecule has 1 aromatic carbocycles. The van der Waals surface area contributed by atoms with Gasteiger partial charge in [0.15, 0.2) is 11.6 Å². The van der Waals surface area contributed by atoms with Gasteiger partial charge in [-0.25, -0.2) is 13.6 Å². The molecule has 1 atom stereocenters. The van der Waals surface area contributed by atoms with Crippen LogP contribution in [-0.4, -0.2) is 36.0 Å². The lowest BCUT2D eigenvalue weighted by Crippen LogP contribution is -2.41. The average Bonchev–Trinajstić information content (AvgIpc) is 3.33. The number of hydrogen-bond acceptors (Lipinski definition) is 3. The molecule has 1 aliphatic heterocycles. The van der Waals surface area contributed by atoms with Crippen LogP contribution in [0, 0.1) is 11.6 Å². The third-order valence-electron chi connectivity index (χ3n) is 6.69. The molecule has 1 aliphatic rings. The normalized spacial score (nSPS) is 15.6. The van der Waals surface area contributed by atoms with Crippen molar-refractivity contribution in [3.63, 3.8) is 0 Å². The van der Waals surface area contributed by atoms with E-state index in [9.17, 15) is 18.4 Å². The standard InChI is InChI=1S/C28H43F2NO3/c1-2-3-4-5-6-7-8-9-10-11-12-13-14-15-21-34-28(33)26-17-16-20-31(26)27(32)23-18-19-24(29)25(30)22-23/h18-19,22,26H,2-17,20-21H2,1H3. The van der Waals surface area contributed by atoms with Gasteiger partial charge in [-0.1, -0.05) is 90.4 Å². The minimum atomic E-state index is -1.07. The van der Waals surface area contributed by atoms with E-state index >= 15 is 0 Å². The van der Waals surface area contributed by atoms with Crippen molar-refractivity contribution in [2.24, 2.45) is 0 Å². The van der Waals surface area contributed by atoms with E-state index in [4.69, 9.17) is 4.74 Å². The van der Waals surface area contributed by atoms with Gasteiger partial charge < -0.3 is 9.64 Å². The van der Waals surface area contributed by atoms with Gasteiger partial charge in [-0.2, -0.15) is 0 Å². The highest BCUT2D eigenvalue weighted by atomic mass is 19.2. The fourth-order valence-electron chi connectivity index (χ4n) is 4.62. The van der Waals surface area contributed by atoms with Gasteiger partial charge in [0, 0.05) is 12.1 Å². The largest absolute Gasteiger partial charge is 0.464 e. The number of hydrogen-bond donors (Lipinski definition) is 0. The third-order valence-corrected chi connectivity index (χ3v) is 6.69. The van der Waals surface area contributed by atoms with Gasteiger partial charge in [0.1, 0.15) is 6.04 Å². The smallest absolute Gasteiger partial charge is 0.328 e. The lowest BCUT2D eigenvalue weighted by Gasteiger charge is -2.23. The van der Waals surface area contributed by atoms with Crippen molar-refractivity contribution in [1.82, 2.24) is 4.90 Å². The van der Waals surface area contributed by atoms with Crippen molar-refractivity contribution in [1.29, 1.82) is 0 Å². The quantitative estimate of drug-likeness (QED) is 0.171. The van der Waals surface area contributed by atoms with E-state index in [-0.39, 0.29) is 5.56 Å². The zero-order chi connectivity index (χ0) is 24.6. The average molecular weight is 480 g/mol. The molecule has 0 bridgehead atoms. The van der Waals surface area contributed by atoms with Crippen molar-refractivity contribution in [3.05, 3.63) is 35.4 Å². The fraction of sp³-hybridized carbons (Fsp3) is 0.714. The van der Waals surface area contributed by atoms with E-state index < -0.39 is 29.6 Å². The Labute approximate surface area is 204 Å². The number of rotatable bonds is 17. The van der Waals surface area contributed by atoms with Crippen LogP contribution in [0.5, 0.6) is 0 Å². The highest BCUT2D eigenvalue weighted by Gasteiger charge is 2.35. The van der Waals surface area contributed by atoms with E-state index in [0.29, 0.717) is 26.0 Å². The van der Waals surface area contributed by atoms with Crippen LogP contribution in [0.1, 0.15) is 120 Å². The number of halogens is 2. The topological polar surface area (TPSA) is 46.6 Å². The van der Waals surface area contributed by atoms with E-state index in [2.05, 4.69) is 6.92 Å². The maximum Gasteiger partial charge on any atom is 0.328 e. The SMILES string of the molecule is CCCCCCCCCCCCCCCCOC(=O)C1CCCN1C(=O)c1ccc(F)c(F)c1. The first-order valence-corrected chi connectivity index (χ1v) is 13.5. The monoisotopic (exact) mass is 479 g/mol. The number of amides is 1. The van der Waals surface area contributed by atoms with Crippen LogP contribution in [-0.2, 0) is 9.53 Å². The van der Waals surface area contributed by atoms with Gasteiger partial charge >= 0.3 is 5.97 Å². The van der Waals surface area contributed by atoms with Crippen LogP contribution in [0.3, 0.4) is 0 Å². The van der Waals surface area contributed by atoms with Crippen LogP contribution in [0.2, 0.25) is 0 Å². The summed E-state index contributed by atoms with van der Waals surface area (Å²) in [6.07, 6.45) is 19.0. The Morgan fingerprint density at radius 2 is 1.41 bits per heavy atom. The van der Waals surface area contributed by atoms with Crippen molar-refractivity contribution >= 4 is 11.9 Å². The zero-order valence-corrected chi connectivity index (χ0v) is 21.0. The Balaban J connectivity index is 1.51. The first-order valence-electron chi connectivity index (χ1n) is 13.5. The molecule has 0 spiro atoms. The minimum Gasteiger partial charge on any atom is -0.464 e. The number of ether oxygens (including phenoxy) is 1. The Morgan fingerprint density at radius 3 is 1.97 bits per heavy atom. The Hall–Kier alpha value is -1.98. The van der Waals surface area contributed by atoms with Crippen molar-refractivity contribution in [2.45, 2.75) is 116 Å². The zero-order valence-electron chi connectivity index (χ0n) is 21.0. The van der Waals surface area contributed by atoms with Crippen LogP contribution in [0.4, 0.5) is 8.78 Å². The van der Waals surface area contributed by atoms with Crippen LogP contribution >= 0.6 is 0 Å². The molecule has 34 heavy (non-hydrogen) atoms. The minimum absolute atomic E-state index is 0.0468. The Kier molecular flexibility index (Phi) is 13.8. The van der Waals surface area contributed by atoms with E-state index in [1.807, 2.05) is 0 Å². The summed E-state index contributed by atoms with van der Waals surface area (Å²) in [5, 5.41) is 0. The number of nitrogens with zero attached hydrogens (tertiary/aromatic N) is 1. The Bertz CT molecular complexity index is 740. The second kappa shape index (κ2) is 16.6. The summed E-state index contributed by atoms with van der Waals surface area (Å²) in [7, 11) is 0. The summed E-state index contributed by atoms with van der Waals surface area (Å²) in [5.74, 6) is -2.93. The molecule has 2 rings (SSSR count). The second-order valence-electron chi connectivity index (χ2n) is 9.55. The first kappa shape index (κ1) is 28.3. The van der Waals surface area contributed by atoms with Gasteiger partial charge in [-0.05, 0) is 37.5 Å². The molecule has 1 saturated heterocycles. The number of benzene rings is 1. The molecule has 0 saturated carbocycles. The molecule has 1 aromatic rings. The number of esters is 1. The molecule has 4 nitrogen and oxygen atoms in total. The summed E-state index contributed by atoms with van der Waals surface area (Å²) >= 11 is 0. The number of unbranched alkanes of at least 4 members (excludes halogenated alkanes) is 13. The molecule has 0 radical (unpaired) electrons. The van der Waals surface area contributed by atoms with E-state index in [1.54, 1.807) is 0 Å². The van der Waals surface area contributed by atoms with E-state index in [1.165, 1.54) is 81.6 Å². The fourth-order valence-corrected chi connectivity index (χ4v) is 4.62. The Morgan fingerprint density at radius 1 is 0.853 bits per heavy atom. The first-order chi connectivity index (χ1) is 16.5. The summed E-state index contributed by atoms with van der Waals surface area (Å²) in [4.78, 5) is 26.6. The molecule has 1 fully saturated rings. The lowest BCUT2D eigenvalue weighted by molar-refractivity contribution is -0.148. The molecular weight excluding hydrogens is 436 g/mol. The van der Waals surface area contributed by atoms with Gasteiger partial charge in [0.25, 0.3) is 5.91 Å². The highest BCUT2D eigenvalue weighted by Crippen LogP contribution is 2.22. The summed E-state index contributed by atoms with van der Waals surface area (Å²) in [5.41, 5.74) is 0.0468. The van der Waals surface area contributed by atoms with Crippen molar-refractivity contribution < 1.29 is 23.1 Å². The molecule has 0 aliphatic carbocycles. The van der Waals surface area contributed by atoms with Crippen LogP contribution in [0.15, 0.2) is 18.2 Å². The number of carbonyl (C=O) groups is 2. The maximum absolute atomic E-state index is 13.5. The molecule has 6 heteroatoms. The molecule has 1 unspecified atom stereocenters. The molecule has 0 N–H and O–H groups in total. The summed E-state index contributed by atoms with van der Waals surface area (Å²) < 4.78 is 32.1.